The lowest BCUT2D eigenvalue weighted by atomic mass is 9.63. The second-order valence-electron chi connectivity index (χ2n) is 13.1. The second kappa shape index (κ2) is 10.6. The fourth-order valence-corrected chi connectivity index (χ4v) is 9.36. The number of aryl methyl sites for hydroxylation is 1. The molecule has 1 spiro atoms. The average molecular weight is 608 g/mol. The minimum absolute atomic E-state index is 0.000244. The number of likely N-dealkylation sites (tertiary alicyclic amines) is 1. The van der Waals surface area contributed by atoms with Crippen molar-refractivity contribution in [3.8, 4) is 0 Å². The fraction of sp³-hybridized carbons (Fsp3) is 0.667. The molecule has 230 valence electrons. The van der Waals surface area contributed by atoms with Gasteiger partial charge in [0.15, 0.2) is 9.84 Å². The summed E-state index contributed by atoms with van der Waals surface area (Å²) in [5.74, 6) is 0.0128. The zero-order valence-electron chi connectivity index (χ0n) is 24.3. The highest BCUT2D eigenvalue weighted by molar-refractivity contribution is 7.92. The van der Waals surface area contributed by atoms with E-state index in [-0.39, 0.29) is 46.3 Å². The molecule has 4 aliphatic rings. The number of hydrogen-bond donors (Lipinski definition) is 2. The van der Waals surface area contributed by atoms with E-state index < -0.39 is 27.2 Å². The molecule has 42 heavy (non-hydrogen) atoms. The zero-order chi connectivity index (χ0) is 29.9. The third kappa shape index (κ3) is 5.50. The first-order valence-electron chi connectivity index (χ1n) is 15.0. The minimum Gasteiger partial charge on any atom is -0.389 e. The van der Waals surface area contributed by atoms with Crippen molar-refractivity contribution in [3.05, 3.63) is 35.5 Å². The second-order valence-corrected chi connectivity index (χ2v) is 15.4. The first kappa shape index (κ1) is 29.6. The van der Waals surface area contributed by atoms with E-state index in [2.05, 4.69) is 27.2 Å². The van der Waals surface area contributed by atoms with Gasteiger partial charge in [-0.2, -0.15) is 18.2 Å². The number of sulfone groups is 1. The zero-order valence-corrected chi connectivity index (χ0v) is 25.1. The number of rotatable bonds is 6. The van der Waals surface area contributed by atoms with Gasteiger partial charge in [0.2, 0.25) is 5.95 Å². The molecule has 2 aromatic rings. The van der Waals surface area contributed by atoms with E-state index in [0.717, 1.165) is 51.4 Å². The third-order valence-corrected chi connectivity index (χ3v) is 12.6. The highest BCUT2D eigenvalue weighted by Gasteiger charge is 2.51. The number of benzene rings is 1. The molecule has 6 rings (SSSR count). The third-order valence-electron chi connectivity index (χ3n) is 10.4. The van der Waals surface area contributed by atoms with Crippen LogP contribution < -0.4 is 10.2 Å². The quantitative estimate of drug-likeness (QED) is 0.455. The van der Waals surface area contributed by atoms with Crippen LogP contribution in [0.4, 0.5) is 30.6 Å². The summed E-state index contributed by atoms with van der Waals surface area (Å²) in [6.45, 7) is 4.31. The molecule has 8 nitrogen and oxygen atoms in total. The van der Waals surface area contributed by atoms with Crippen molar-refractivity contribution < 1.29 is 26.7 Å². The molecular weight excluding hydrogens is 567 g/mol. The molecule has 2 saturated carbocycles. The van der Waals surface area contributed by atoms with Gasteiger partial charge in [0.05, 0.1) is 15.7 Å². The lowest BCUT2D eigenvalue weighted by Gasteiger charge is -2.51. The van der Waals surface area contributed by atoms with Gasteiger partial charge < -0.3 is 20.2 Å². The summed E-state index contributed by atoms with van der Waals surface area (Å²) in [6, 6.07) is 4.81. The number of nitrogens with zero attached hydrogens (tertiary/aromatic N) is 4. The van der Waals surface area contributed by atoms with Crippen molar-refractivity contribution in [2.75, 3.05) is 43.4 Å². The number of anilines is 3. The van der Waals surface area contributed by atoms with Crippen molar-refractivity contribution in [2.24, 2.45) is 11.3 Å². The van der Waals surface area contributed by atoms with E-state index in [9.17, 15) is 26.7 Å². The van der Waals surface area contributed by atoms with Gasteiger partial charge in [-0.1, -0.05) is 6.42 Å². The fourth-order valence-electron chi connectivity index (χ4n) is 7.23. The van der Waals surface area contributed by atoms with Gasteiger partial charge in [0, 0.05) is 25.0 Å². The van der Waals surface area contributed by atoms with Crippen LogP contribution in [0.2, 0.25) is 0 Å². The molecule has 2 aliphatic carbocycles. The molecule has 1 aromatic heterocycles. The molecular formula is C30H40F3N5O3S. The van der Waals surface area contributed by atoms with Crippen molar-refractivity contribution in [2.45, 2.75) is 86.6 Å². The summed E-state index contributed by atoms with van der Waals surface area (Å²) in [6.07, 6.45) is 3.42. The summed E-state index contributed by atoms with van der Waals surface area (Å²) < 4.78 is 68.6. The van der Waals surface area contributed by atoms with Gasteiger partial charge >= 0.3 is 6.18 Å². The van der Waals surface area contributed by atoms with Gasteiger partial charge in [-0.25, -0.2) is 13.4 Å². The van der Waals surface area contributed by atoms with Crippen LogP contribution in [0.3, 0.4) is 0 Å². The molecule has 0 radical (unpaired) electrons. The van der Waals surface area contributed by atoms with Crippen LogP contribution in [-0.4, -0.2) is 72.5 Å². The summed E-state index contributed by atoms with van der Waals surface area (Å²) in [5.41, 5.74) is -0.435. The Morgan fingerprint density at radius 2 is 1.71 bits per heavy atom. The summed E-state index contributed by atoms with van der Waals surface area (Å²) in [7, 11) is -1.39. The number of aliphatic hydroxyl groups is 1. The average Bonchev–Trinajstić information content (AvgIpc) is 2.87. The molecule has 2 aliphatic heterocycles. The molecule has 4 fully saturated rings. The Hall–Kier alpha value is -2.44. The smallest absolute Gasteiger partial charge is 0.389 e. The maximum absolute atomic E-state index is 13.9. The minimum atomic E-state index is -4.63. The molecule has 2 N–H and O–H groups in total. The van der Waals surface area contributed by atoms with Crippen molar-refractivity contribution in [1.29, 1.82) is 0 Å². The van der Waals surface area contributed by atoms with Gasteiger partial charge in [-0.3, -0.25) is 0 Å². The Morgan fingerprint density at radius 1 is 1.05 bits per heavy atom. The highest BCUT2D eigenvalue weighted by atomic mass is 32.2. The SMILES string of the molecule is Cc1cc(S(=O)(=O)C2CC3(CCN(C)CC3)C2)ccc1Nc1ncc(C(F)(F)F)c(N2CCC(O)(C3CCC3)CC2)n1. The van der Waals surface area contributed by atoms with Crippen LogP contribution in [0.5, 0.6) is 0 Å². The number of nitrogens with one attached hydrogen (secondary N) is 1. The van der Waals surface area contributed by atoms with E-state index in [0.29, 0.717) is 36.9 Å². The number of alkyl halides is 3. The standard InChI is InChI=1S/C30H40F3N5O3S/c1-20-16-22(42(40,41)23-17-28(18-23)8-12-37(2)13-9-28)6-7-25(20)35-27-34-19-24(30(31,32)33)26(36-27)38-14-10-29(39,11-15-38)21-4-3-5-21/h6-7,16,19,21,23,39H,3-5,8-15,17-18H2,1-2H3,(H,34,35,36). The Kier molecular flexibility index (Phi) is 7.49. The Morgan fingerprint density at radius 3 is 2.29 bits per heavy atom. The molecule has 3 heterocycles. The summed E-state index contributed by atoms with van der Waals surface area (Å²) in [4.78, 5) is 12.4. The summed E-state index contributed by atoms with van der Waals surface area (Å²) in [5, 5.41) is 13.7. The number of halogens is 3. The normalized spacial score (nSPS) is 23.4. The first-order valence-corrected chi connectivity index (χ1v) is 16.5. The maximum Gasteiger partial charge on any atom is 0.421 e. The molecule has 0 atom stereocenters. The van der Waals surface area contributed by atoms with E-state index >= 15 is 0 Å². The first-order chi connectivity index (χ1) is 19.8. The van der Waals surface area contributed by atoms with E-state index in [1.807, 2.05) is 0 Å². The van der Waals surface area contributed by atoms with Gasteiger partial charge in [0.25, 0.3) is 0 Å². The van der Waals surface area contributed by atoms with Crippen LogP contribution in [-0.2, 0) is 16.0 Å². The molecule has 12 heteroatoms. The Balaban J connectivity index is 1.17. The molecule has 2 saturated heterocycles. The molecule has 0 unspecified atom stereocenters. The van der Waals surface area contributed by atoms with Gasteiger partial charge in [-0.15, -0.1) is 0 Å². The van der Waals surface area contributed by atoms with E-state index in [4.69, 9.17) is 0 Å². The van der Waals surface area contributed by atoms with E-state index in [1.165, 1.54) is 0 Å². The predicted molar refractivity (Wildman–Crippen MR) is 155 cm³/mol. The number of hydrogen-bond acceptors (Lipinski definition) is 8. The van der Waals surface area contributed by atoms with Crippen LogP contribution in [0.25, 0.3) is 0 Å². The predicted octanol–water partition coefficient (Wildman–Crippen LogP) is 5.33. The van der Waals surface area contributed by atoms with Crippen LogP contribution in [0, 0.1) is 18.3 Å². The van der Waals surface area contributed by atoms with Crippen molar-refractivity contribution in [1.82, 2.24) is 14.9 Å². The molecule has 0 bridgehead atoms. The van der Waals surface area contributed by atoms with Gasteiger partial charge in [-0.05, 0) is 114 Å². The topological polar surface area (TPSA) is 98.7 Å². The lowest BCUT2D eigenvalue weighted by Crippen LogP contribution is -2.51. The van der Waals surface area contributed by atoms with Gasteiger partial charge in [0.1, 0.15) is 11.4 Å². The van der Waals surface area contributed by atoms with E-state index in [1.54, 1.807) is 30.0 Å². The van der Waals surface area contributed by atoms with Crippen LogP contribution >= 0.6 is 0 Å². The molecule has 0 amide bonds. The number of aromatic nitrogens is 2. The van der Waals surface area contributed by atoms with Crippen LogP contribution in [0.15, 0.2) is 29.3 Å². The Labute approximate surface area is 245 Å². The Bertz CT molecular complexity index is 1420. The van der Waals surface area contributed by atoms with Crippen LogP contribution in [0.1, 0.15) is 68.9 Å². The largest absolute Gasteiger partial charge is 0.421 e. The lowest BCUT2D eigenvalue weighted by molar-refractivity contribution is -0.137. The summed E-state index contributed by atoms with van der Waals surface area (Å²) >= 11 is 0. The molecule has 1 aromatic carbocycles. The van der Waals surface area contributed by atoms with Crippen molar-refractivity contribution in [3.63, 3.8) is 0 Å². The number of piperidine rings is 2. The monoisotopic (exact) mass is 607 g/mol. The highest BCUT2D eigenvalue weighted by Crippen LogP contribution is 2.52. The maximum atomic E-state index is 13.9. The van der Waals surface area contributed by atoms with Crippen molar-refractivity contribution >= 4 is 27.3 Å².